The van der Waals surface area contributed by atoms with Crippen LogP contribution in [-0.4, -0.2) is 19.7 Å². The summed E-state index contributed by atoms with van der Waals surface area (Å²) in [5.74, 6) is 7.61. The third-order valence-corrected chi connectivity index (χ3v) is 2.97. The molecule has 0 fully saturated rings. The van der Waals surface area contributed by atoms with Gasteiger partial charge < -0.3 is 10.7 Å². The maximum Gasteiger partial charge on any atom is 0.145 e. The summed E-state index contributed by atoms with van der Waals surface area (Å²) in [5.41, 5.74) is 4.73. The van der Waals surface area contributed by atoms with E-state index >= 15 is 0 Å². The number of aromatic nitrogens is 4. The topological polar surface area (TPSA) is 93.7 Å². The van der Waals surface area contributed by atoms with Gasteiger partial charge in [-0.25, -0.2) is 15.8 Å². The van der Waals surface area contributed by atoms with Gasteiger partial charge in [-0.1, -0.05) is 6.92 Å². The van der Waals surface area contributed by atoms with Crippen molar-refractivity contribution in [2.45, 2.75) is 33.2 Å². The quantitative estimate of drug-likeness (QED) is 0.544. The van der Waals surface area contributed by atoms with E-state index < -0.39 is 0 Å². The minimum Gasteiger partial charge on any atom is -0.366 e. The fourth-order valence-corrected chi connectivity index (χ4v) is 2.01. The van der Waals surface area contributed by atoms with Gasteiger partial charge in [0.15, 0.2) is 0 Å². The van der Waals surface area contributed by atoms with Crippen molar-refractivity contribution in [3.8, 4) is 0 Å². The summed E-state index contributed by atoms with van der Waals surface area (Å²) in [6.45, 7) is 4.76. The van der Waals surface area contributed by atoms with Gasteiger partial charge in [-0.3, -0.25) is 4.68 Å². The lowest BCUT2D eigenvalue weighted by atomic mass is 10.2. The lowest BCUT2D eigenvalue weighted by Crippen LogP contribution is -2.12. The molecule has 2 aromatic rings. The van der Waals surface area contributed by atoms with Gasteiger partial charge in [0.05, 0.1) is 5.69 Å². The zero-order valence-electron chi connectivity index (χ0n) is 12.1. The van der Waals surface area contributed by atoms with Crippen molar-refractivity contribution in [3.05, 3.63) is 29.3 Å². The van der Waals surface area contributed by atoms with Gasteiger partial charge in [-0.15, -0.1) is 0 Å². The largest absolute Gasteiger partial charge is 0.366 e. The van der Waals surface area contributed by atoms with Crippen molar-refractivity contribution in [3.63, 3.8) is 0 Å². The van der Waals surface area contributed by atoms with Gasteiger partial charge in [0.2, 0.25) is 0 Å². The number of nitrogens with zero attached hydrogens (tertiary/aromatic N) is 4. The number of hydrogen-bond acceptors (Lipinski definition) is 6. The van der Waals surface area contributed by atoms with E-state index in [9.17, 15) is 0 Å². The minimum atomic E-state index is 0.619. The molecule has 0 saturated heterocycles. The van der Waals surface area contributed by atoms with Crippen molar-refractivity contribution in [2.75, 3.05) is 10.7 Å². The molecule has 2 rings (SSSR count). The first-order valence-corrected chi connectivity index (χ1v) is 6.70. The fourth-order valence-electron chi connectivity index (χ4n) is 2.01. The van der Waals surface area contributed by atoms with Crippen molar-refractivity contribution >= 4 is 11.6 Å². The standard InChI is InChI=1S/C13H21N7/c1-4-5-11-16-12(6-13(17-11)18-14)15-7-10-8-20(3)19-9(10)2/h6,8H,4-5,7,14H2,1-3H3,(H2,15,16,17,18). The third kappa shape index (κ3) is 3.45. The first kappa shape index (κ1) is 14.3. The predicted molar refractivity (Wildman–Crippen MR) is 79.1 cm³/mol. The average molecular weight is 275 g/mol. The molecule has 0 saturated carbocycles. The second kappa shape index (κ2) is 6.33. The Hall–Kier alpha value is -2.15. The summed E-state index contributed by atoms with van der Waals surface area (Å²) in [4.78, 5) is 8.79. The number of hydrazine groups is 1. The van der Waals surface area contributed by atoms with Gasteiger partial charge in [-0.05, 0) is 13.3 Å². The van der Waals surface area contributed by atoms with E-state index in [1.807, 2.05) is 24.9 Å². The van der Waals surface area contributed by atoms with E-state index in [1.54, 1.807) is 6.07 Å². The summed E-state index contributed by atoms with van der Waals surface area (Å²) in [6.07, 6.45) is 3.82. The van der Waals surface area contributed by atoms with Gasteiger partial charge in [0, 0.05) is 37.8 Å². The molecule has 2 heterocycles. The molecule has 0 aliphatic carbocycles. The van der Waals surface area contributed by atoms with Gasteiger partial charge in [0.25, 0.3) is 0 Å². The number of nitrogen functional groups attached to an aromatic ring is 1. The smallest absolute Gasteiger partial charge is 0.145 e. The Kier molecular flexibility index (Phi) is 4.52. The number of hydrogen-bond donors (Lipinski definition) is 3. The van der Waals surface area contributed by atoms with Crippen LogP contribution in [0.5, 0.6) is 0 Å². The molecule has 0 atom stereocenters. The lowest BCUT2D eigenvalue weighted by molar-refractivity contribution is 0.756. The fraction of sp³-hybridized carbons (Fsp3) is 0.462. The van der Waals surface area contributed by atoms with Crippen LogP contribution >= 0.6 is 0 Å². The Labute approximate surface area is 118 Å². The minimum absolute atomic E-state index is 0.619. The number of nitrogens with two attached hydrogens (primary N) is 1. The van der Waals surface area contributed by atoms with Crippen LogP contribution < -0.4 is 16.6 Å². The van der Waals surface area contributed by atoms with E-state index in [-0.39, 0.29) is 0 Å². The van der Waals surface area contributed by atoms with Crippen LogP contribution in [0.4, 0.5) is 11.6 Å². The van der Waals surface area contributed by atoms with E-state index in [0.717, 1.165) is 35.7 Å². The van der Waals surface area contributed by atoms with Gasteiger partial charge >= 0.3 is 0 Å². The summed E-state index contributed by atoms with van der Waals surface area (Å²) in [5, 5.41) is 7.60. The molecule has 2 aromatic heterocycles. The highest BCUT2D eigenvalue weighted by Gasteiger charge is 2.06. The molecule has 7 heteroatoms. The van der Waals surface area contributed by atoms with Crippen LogP contribution in [0.2, 0.25) is 0 Å². The summed E-state index contributed by atoms with van der Waals surface area (Å²) < 4.78 is 1.81. The molecule has 20 heavy (non-hydrogen) atoms. The van der Waals surface area contributed by atoms with Crippen LogP contribution in [0.15, 0.2) is 12.3 Å². The monoisotopic (exact) mass is 275 g/mol. The van der Waals surface area contributed by atoms with E-state index in [1.165, 1.54) is 0 Å². The molecule has 7 nitrogen and oxygen atoms in total. The molecule has 0 amide bonds. The molecule has 0 spiro atoms. The van der Waals surface area contributed by atoms with Crippen molar-refractivity contribution in [2.24, 2.45) is 12.9 Å². The molecule has 0 aliphatic heterocycles. The second-order valence-electron chi connectivity index (χ2n) is 4.72. The van der Waals surface area contributed by atoms with Crippen molar-refractivity contribution in [1.82, 2.24) is 19.7 Å². The highest BCUT2D eigenvalue weighted by Crippen LogP contribution is 2.13. The number of anilines is 2. The molecule has 108 valence electrons. The normalized spacial score (nSPS) is 10.6. The molecule has 0 aromatic carbocycles. The predicted octanol–water partition coefficient (Wildman–Crippen LogP) is 1.37. The van der Waals surface area contributed by atoms with Crippen LogP contribution in [-0.2, 0) is 20.0 Å². The van der Waals surface area contributed by atoms with Gasteiger partial charge in [0.1, 0.15) is 17.5 Å². The lowest BCUT2D eigenvalue weighted by Gasteiger charge is -2.09. The Bertz CT molecular complexity index is 576. The molecular weight excluding hydrogens is 254 g/mol. The maximum atomic E-state index is 5.44. The van der Waals surface area contributed by atoms with Crippen molar-refractivity contribution in [1.29, 1.82) is 0 Å². The summed E-state index contributed by atoms with van der Waals surface area (Å²) >= 11 is 0. The maximum absolute atomic E-state index is 5.44. The SMILES string of the molecule is CCCc1nc(NN)cc(NCc2cn(C)nc2C)n1. The molecule has 0 radical (unpaired) electrons. The first-order valence-electron chi connectivity index (χ1n) is 6.70. The highest BCUT2D eigenvalue weighted by molar-refractivity contribution is 5.47. The average Bonchev–Trinajstić information content (AvgIpc) is 2.75. The zero-order valence-corrected chi connectivity index (χ0v) is 12.1. The van der Waals surface area contributed by atoms with Crippen LogP contribution in [0.25, 0.3) is 0 Å². The Morgan fingerprint density at radius 3 is 2.65 bits per heavy atom. The summed E-state index contributed by atoms with van der Waals surface area (Å²) in [6, 6.07) is 1.80. The van der Waals surface area contributed by atoms with Crippen LogP contribution in [0.1, 0.15) is 30.4 Å². The number of aryl methyl sites for hydroxylation is 3. The van der Waals surface area contributed by atoms with E-state index in [4.69, 9.17) is 5.84 Å². The second-order valence-corrected chi connectivity index (χ2v) is 4.72. The third-order valence-electron chi connectivity index (χ3n) is 2.97. The Morgan fingerprint density at radius 2 is 2.05 bits per heavy atom. The molecular formula is C13H21N7. The van der Waals surface area contributed by atoms with Gasteiger partial charge in [-0.2, -0.15) is 5.10 Å². The van der Waals surface area contributed by atoms with Crippen molar-refractivity contribution < 1.29 is 0 Å². The Balaban J connectivity index is 2.12. The first-order chi connectivity index (χ1) is 9.62. The zero-order chi connectivity index (χ0) is 14.5. The summed E-state index contributed by atoms with van der Waals surface area (Å²) in [7, 11) is 1.91. The van der Waals surface area contributed by atoms with E-state index in [2.05, 4.69) is 32.7 Å². The number of nitrogens with one attached hydrogen (secondary N) is 2. The molecule has 0 bridgehead atoms. The molecule has 0 aliphatic rings. The van der Waals surface area contributed by atoms with Crippen LogP contribution in [0, 0.1) is 6.92 Å². The highest BCUT2D eigenvalue weighted by atomic mass is 15.3. The Morgan fingerprint density at radius 1 is 1.30 bits per heavy atom. The molecule has 0 unspecified atom stereocenters. The van der Waals surface area contributed by atoms with Crippen LogP contribution in [0.3, 0.4) is 0 Å². The number of rotatable bonds is 6. The molecule has 4 N–H and O–H groups in total. The van der Waals surface area contributed by atoms with E-state index in [0.29, 0.717) is 12.4 Å².